The second kappa shape index (κ2) is 10.7. The van der Waals surface area contributed by atoms with Gasteiger partial charge in [-0.15, -0.1) is 0 Å². The van der Waals surface area contributed by atoms with Crippen molar-refractivity contribution >= 4 is 22.0 Å². The number of hydrogen-bond donors (Lipinski definition) is 0. The maximum absolute atomic E-state index is 13.5. The standard InChI is InChI=1S/C26H33N3O4S/c1-21-12-13-23(33-2)20-25(21)34(31,32)29-15-7-11-24(29)26(30)28-18-16-27(17-19-28)14-6-10-22-8-4-3-5-9-22/h3-6,8-10,12-13,20,24H,7,11,14-19H2,1-2H3/b10-6+/t24-/m0/s1. The lowest BCUT2D eigenvalue weighted by molar-refractivity contribution is -0.136. The largest absolute Gasteiger partial charge is 0.497 e. The molecule has 2 aliphatic rings. The molecule has 7 nitrogen and oxygen atoms in total. The average molecular weight is 484 g/mol. The molecule has 0 radical (unpaired) electrons. The fourth-order valence-corrected chi connectivity index (χ4v) is 6.54. The number of ether oxygens (including phenoxy) is 1. The van der Waals surface area contributed by atoms with Crippen molar-refractivity contribution in [2.75, 3.05) is 46.4 Å². The number of amides is 1. The van der Waals surface area contributed by atoms with Gasteiger partial charge in [-0.1, -0.05) is 48.6 Å². The van der Waals surface area contributed by atoms with Gasteiger partial charge in [0.1, 0.15) is 11.8 Å². The molecule has 1 amide bonds. The normalized spacial score (nSPS) is 20.2. The summed E-state index contributed by atoms with van der Waals surface area (Å²) in [4.78, 5) is 17.7. The van der Waals surface area contributed by atoms with Crippen LogP contribution in [0.15, 0.2) is 59.5 Å². The first-order chi connectivity index (χ1) is 16.4. The fraction of sp³-hybridized carbons (Fsp3) is 0.423. The van der Waals surface area contributed by atoms with Crippen molar-refractivity contribution in [3.63, 3.8) is 0 Å². The van der Waals surface area contributed by atoms with E-state index in [1.807, 2.05) is 23.1 Å². The third-order valence-corrected chi connectivity index (χ3v) is 8.68. The van der Waals surface area contributed by atoms with E-state index in [2.05, 4.69) is 29.2 Å². The molecule has 0 spiro atoms. The highest BCUT2D eigenvalue weighted by Crippen LogP contribution is 2.31. The summed E-state index contributed by atoms with van der Waals surface area (Å²) in [5.41, 5.74) is 1.82. The predicted molar refractivity (Wildman–Crippen MR) is 133 cm³/mol. The predicted octanol–water partition coefficient (Wildman–Crippen LogP) is 3.01. The first-order valence-electron chi connectivity index (χ1n) is 11.8. The van der Waals surface area contributed by atoms with Crippen LogP contribution < -0.4 is 4.74 Å². The van der Waals surface area contributed by atoms with Gasteiger partial charge in [-0.3, -0.25) is 9.69 Å². The van der Waals surface area contributed by atoms with Crippen molar-refractivity contribution in [1.82, 2.24) is 14.1 Å². The molecule has 2 fully saturated rings. The number of sulfonamides is 1. The first kappa shape index (κ1) is 24.4. The number of rotatable bonds is 7. The van der Waals surface area contributed by atoms with Gasteiger partial charge in [0.2, 0.25) is 15.9 Å². The van der Waals surface area contributed by atoms with Crippen molar-refractivity contribution in [1.29, 1.82) is 0 Å². The number of piperazine rings is 1. The van der Waals surface area contributed by atoms with Gasteiger partial charge in [-0.2, -0.15) is 4.31 Å². The van der Waals surface area contributed by atoms with Crippen LogP contribution in [0.1, 0.15) is 24.0 Å². The molecule has 8 heteroatoms. The van der Waals surface area contributed by atoms with Crippen molar-refractivity contribution < 1.29 is 17.9 Å². The summed E-state index contributed by atoms with van der Waals surface area (Å²) in [6.07, 6.45) is 5.50. The van der Waals surface area contributed by atoms with Gasteiger partial charge in [0, 0.05) is 45.3 Å². The van der Waals surface area contributed by atoms with Crippen LogP contribution in [-0.2, 0) is 14.8 Å². The third kappa shape index (κ3) is 5.35. The lowest BCUT2D eigenvalue weighted by Crippen LogP contribution is -2.54. The number of nitrogens with zero attached hydrogens (tertiary/aromatic N) is 3. The number of methoxy groups -OCH3 is 1. The van der Waals surface area contributed by atoms with Crippen LogP contribution in [0.2, 0.25) is 0 Å². The minimum Gasteiger partial charge on any atom is -0.497 e. The Morgan fingerprint density at radius 1 is 1.06 bits per heavy atom. The molecule has 2 aromatic rings. The Bertz CT molecular complexity index is 1130. The molecule has 2 aliphatic heterocycles. The van der Waals surface area contributed by atoms with Crippen LogP contribution in [0.4, 0.5) is 0 Å². The van der Waals surface area contributed by atoms with Gasteiger partial charge in [0.25, 0.3) is 0 Å². The molecular formula is C26H33N3O4S. The van der Waals surface area contributed by atoms with Crippen LogP contribution in [0.3, 0.4) is 0 Å². The van der Waals surface area contributed by atoms with E-state index in [1.165, 1.54) is 17.0 Å². The summed E-state index contributed by atoms with van der Waals surface area (Å²) in [7, 11) is -2.28. The Balaban J connectivity index is 1.38. The van der Waals surface area contributed by atoms with E-state index in [1.54, 1.807) is 25.1 Å². The highest BCUT2D eigenvalue weighted by atomic mass is 32.2. The zero-order valence-electron chi connectivity index (χ0n) is 19.9. The third-order valence-electron chi connectivity index (χ3n) is 6.63. The van der Waals surface area contributed by atoms with E-state index >= 15 is 0 Å². The second-order valence-corrected chi connectivity index (χ2v) is 10.7. The Morgan fingerprint density at radius 2 is 1.79 bits per heavy atom. The minimum atomic E-state index is -3.80. The van der Waals surface area contributed by atoms with Crippen LogP contribution in [0, 0.1) is 6.92 Å². The maximum atomic E-state index is 13.5. The molecule has 0 N–H and O–H groups in total. The van der Waals surface area contributed by atoms with Gasteiger partial charge in [-0.25, -0.2) is 8.42 Å². The van der Waals surface area contributed by atoms with E-state index in [9.17, 15) is 13.2 Å². The van der Waals surface area contributed by atoms with Crippen LogP contribution in [0.25, 0.3) is 6.08 Å². The Morgan fingerprint density at radius 3 is 2.50 bits per heavy atom. The molecule has 2 saturated heterocycles. The molecule has 182 valence electrons. The Labute approximate surface area is 202 Å². The number of carbonyl (C=O) groups excluding carboxylic acids is 1. The summed E-state index contributed by atoms with van der Waals surface area (Å²) in [6.45, 7) is 5.74. The minimum absolute atomic E-state index is 0.0823. The summed E-state index contributed by atoms with van der Waals surface area (Å²) in [6, 6.07) is 14.6. The van der Waals surface area contributed by atoms with Gasteiger partial charge >= 0.3 is 0 Å². The van der Waals surface area contributed by atoms with Gasteiger partial charge in [0.15, 0.2) is 0 Å². The molecule has 1 atom stereocenters. The van der Waals surface area contributed by atoms with Gasteiger partial charge < -0.3 is 9.64 Å². The van der Waals surface area contributed by atoms with Crippen molar-refractivity contribution in [3.05, 3.63) is 65.7 Å². The van der Waals surface area contributed by atoms with Gasteiger partial charge in [0.05, 0.1) is 12.0 Å². The smallest absolute Gasteiger partial charge is 0.244 e. The molecule has 0 saturated carbocycles. The molecule has 4 rings (SSSR count). The Kier molecular flexibility index (Phi) is 7.70. The molecular weight excluding hydrogens is 450 g/mol. The van der Waals surface area contributed by atoms with E-state index in [-0.39, 0.29) is 10.8 Å². The van der Waals surface area contributed by atoms with Crippen molar-refractivity contribution in [3.8, 4) is 5.75 Å². The molecule has 34 heavy (non-hydrogen) atoms. The van der Waals surface area contributed by atoms with Crippen LogP contribution >= 0.6 is 0 Å². The second-order valence-electron chi connectivity index (χ2n) is 8.84. The Hall–Kier alpha value is -2.68. The summed E-state index contributed by atoms with van der Waals surface area (Å²) < 4.78 is 33.6. The van der Waals surface area contributed by atoms with E-state index < -0.39 is 16.1 Å². The average Bonchev–Trinajstić information content (AvgIpc) is 3.36. The summed E-state index contributed by atoms with van der Waals surface area (Å²) in [5.74, 6) is 0.407. The van der Waals surface area contributed by atoms with Crippen LogP contribution in [-0.4, -0.2) is 80.9 Å². The zero-order chi connectivity index (χ0) is 24.1. The number of benzene rings is 2. The molecule has 2 heterocycles. The SMILES string of the molecule is COc1ccc(C)c(S(=O)(=O)N2CCC[C@H]2C(=O)N2CCN(C/C=C/c3ccccc3)CC2)c1. The number of hydrogen-bond acceptors (Lipinski definition) is 5. The fourth-order valence-electron chi connectivity index (χ4n) is 4.65. The number of aryl methyl sites for hydroxylation is 1. The van der Waals surface area contributed by atoms with Crippen molar-refractivity contribution in [2.45, 2.75) is 30.7 Å². The lowest BCUT2D eigenvalue weighted by Gasteiger charge is -2.36. The molecule has 2 aromatic carbocycles. The monoisotopic (exact) mass is 483 g/mol. The zero-order valence-corrected chi connectivity index (χ0v) is 20.7. The molecule has 0 aromatic heterocycles. The van der Waals surface area contributed by atoms with Gasteiger partial charge in [-0.05, 0) is 37.0 Å². The topological polar surface area (TPSA) is 70.2 Å². The van der Waals surface area contributed by atoms with E-state index in [0.29, 0.717) is 43.8 Å². The summed E-state index contributed by atoms with van der Waals surface area (Å²) in [5, 5.41) is 0. The highest BCUT2D eigenvalue weighted by molar-refractivity contribution is 7.89. The quantitative estimate of drug-likeness (QED) is 0.606. The highest BCUT2D eigenvalue weighted by Gasteiger charge is 2.42. The summed E-state index contributed by atoms with van der Waals surface area (Å²) >= 11 is 0. The van der Waals surface area contributed by atoms with Crippen LogP contribution in [0.5, 0.6) is 5.75 Å². The first-order valence-corrected chi connectivity index (χ1v) is 13.2. The lowest BCUT2D eigenvalue weighted by atomic mass is 10.2. The molecule has 0 unspecified atom stereocenters. The molecule has 0 aliphatic carbocycles. The van der Waals surface area contributed by atoms with E-state index in [0.717, 1.165) is 19.6 Å². The van der Waals surface area contributed by atoms with Crippen molar-refractivity contribution in [2.24, 2.45) is 0 Å². The number of carbonyl (C=O) groups is 1. The maximum Gasteiger partial charge on any atom is 0.244 e. The molecule has 0 bridgehead atoms. The van der Waals surface area contributed by atoms with E-state index in [4.69, 9.17) is 4.74 Å².